The van der Waals surface area contributed by atoms with Crippen LogP contribution in [0, 0.1) is 0 Å². The fraction of sp³-hybridized carbons (Fsp3) is 0. The molecule has 274 valence electrons. The monoisotopic (exact) mass is 750 g/mol. The number of aromatic nitrogens is 4. The summed E-state index contributed by atoms with van der Waals surface area (Å²) in [5.41, 5.74) is 12.7. The van der Waals surface area contributed by atoms with Crippen LogP contribution < -0.4 is 0 Å². The zero-order chi connectivity index (χ0) is 38.9. The maximum absolute atomic E-state index is 5.37. The maximum atomic E-state index is 5.37. The molecule has 0 spiro atoms. The third kappa shape index (κ3) is 5.42. The minimum Gasteiger partial charge on any atom is -0.309 e. The molecule has 0 saturated heterocycles. The van der Waals surface area contributed by atoms with Gasteiger partial charge in [0.2, 0.25) is 0 Å². The summed E-state index contributed by atoms with van der Waals surface area (Å²) >= 11 is 0. The third-order valence-electron chi connectivity index (χ3n) is 11.8. The highest BCUT2D eigenvalue weighted by molar-refractivity contribution is 6.19. The van der Waals surface area contributed by atoms with E-state index in [9.17, 15) is 0 Å². The van der Waals surface area contributed by atoms with Crippen molar-refractivity contribution in [1.82, 2.24) is 19.5 Å². The van der Waals surface area contributed by atoms with Gasteiger partial charge in [-0.1, -0.05) is 164 Å². The van der Waals surface area contributed by atoms with Crippen molar-refractivity contribution in [3.63, 3.8) is 0 Å². The van der Waals surface area contributed by atoms with Gasteiger partial charge in [-0.05, 0) is 69.8 Å². The second-order valence-electron chi connectivity index (χ2n) is 15.2. The lowest BCUT2D eigenvalue weighted by Crippen LogP contribution is -1.96. The van der Waals surface area contributed by atoms with Crippen molar-refractivity contribution >= 4 is 65.2 Å². The predicted molar refractivity (Wildman–Crippen MR) is 246 cm³/mol. The normalized spacial score (nSPS) is 11.7. The van der Waals surface area contributed by atoms with Gasteiger partial charge in [-0.15, -0.1) is 0 Å². The molecule has 59 heavy (non-hydrogen) atoms. The van der Waals surface area contributed by atoms with Crippen molar-refractivity contribution in [1.29, 1.82) is 0 Å². The van der Waals surface area contributed by atoms with Gasteiger partial charge in [0.1, 0.15) is 0 Å². The Morgan fingerprint density at radius 2 is 0.949 bits per heavy atom. The number of hydrogen-bond donors (Lipinski definition) is 0. The minimum absolute atomic E-state index is 0.710. The molecule has 0 aliphatic heterocycles. The Labute approximate surface area is 340 Å². The van der Waals surface area contributed by atoms with Crippen LogP contribution in [0.1, 0.15) is 0 Å². The first-order valence-corrected chi connectivity index (χ1v) is 20.0. The van der Waals surface area contributed by atoms with E-state index in [2.05, 4.69) is 205 Å². The van der Waals surface area contributed by atoms with Crippen LogP contribution in [0.4, 0.5) is 0 Å². The lowest BCUT2D eigenvalue weighted by Gasteiger charge is -2.12. The van der Waals surface area contributed by atoms with Gasteiger partial charge >= 0.3 is 0 Å². The summed E-state index contributed by atoms with van der Waals surface area (Å²) in [5, 5.41) is 9.25. The lowest BCUT2D eigenvalue weighted by molar-refractivity contribution is 1.18. The lowest BCUT2D eigenvalue weighted by atomic mass is 9.98. The highest BCUT2D eigenvalue weighted by atomic mass is 15.0. The summed E-state index contributed by atoms with van der Waals surface area (Å²) in [6, 6.07) is 73.2. The molecule has 3 aromatic heterocycles. The van der Waals surface area contributed by atoms with E-state index in [1.54, 1.807) is 0 Å². The molecule has 3 heterocycles. The Balaban J connectivity index is 1.02. The Kier molecular flexibility index (Phi) is 7.50. The fourth-order valence-electron chi connectivity index (χ4n) is 8.97. The molecule has 0 unspecified atom stereocenters. The largest absolute Gasteiger partial charge is 0.309 e. The van der Waals surface area contributed by atoms with Gasteiger partial charge in [0.05, 0.1) is 33.5 Å². The first-order chi connectivity index (χ1) is 29.2. The van der Waals surface area contributed by atoms with E-state index in [0.29, 0.717) is 5.82 Å². The van der Waals surface area contributed by atoms with Crippen LogP contribution in [-0.4, -0.2) is 19.5 Å². The SMILES string of the molecule is c1ccc(-c2nc3cc4c5cc(-c6ccc(-c7nc(-c8cccc9ccccc89)c8ccccc8n7)cc6)ccc5n(-c5ccccc5)c4cc3c3ccccc23)cc1. The van der Waals surface area contributed by atoms with Crippen LogP contribution in [0.2, 0.25) is 0 Å². The fourth-order valence-corrected chi connectivity index (χ4v) is 8.97. The molecule has 0 atom stereocenters. The summed E-state index contributed by atoms with van der Waals surface area (Å²) in [4.78, 5) is 15.7. The van der Waals surface area contributed by atoms with Crippen molar-refractivity contribution in [3.05, 3.63) is 206 Å². The van der Waals surface area contributed by atoms with Crippen molar-refractivity contribution in [3.8, 4) is 50.7 Å². The van der Waals surface area contributed by atoms with Gasteiger partial charge in [-0.3, -0.25) is 0 Å². The smallest absolute Gasteiger partial charge is 0.160 e. The number of para-hydroxylation sites is 2. The van der Waals surface area contributed by atoms with E-state index in [-0.39, 0.29) is 0 Å². The van der Waals surface area contributed by atoms with Gasteiger partial charge in [-0.25, -0.2) is 15.0 Å². The van der Waals surface area contributed by atoms with E-state index < -0.39 is 0 Å². The average molecular weight is 751 g/mol. The first kappa shape index (κ1) is 33.2. The molecule has 0 aliphatic rings. The molecule has 0 fully saturated rings. The van der Waals surface area contributed by atoms with E-state index >= 15 is 0 Å². The molecule has 4 heteroatoms. The van der Waals surface area contributed by atoms with Gasteiger partial charge in [0, 0.05) is 49.3 Å². The topological polar surface area (TPSA) is 43.6 Å². The molecular weight excluding hydrogens is 717 g/mol. The summed E-state index contributed by atoms with van der Waals surface area (Å²) in [6.07, 6.45) is 0. The summed E-state index contributed by atoms with van der Waals surface area (Å²) in [6.45, 7) is 0. The van der Waals surface area contributed by atoms with E-state index in [4.69, 9.17) is 15.0 Å². The molecule has 0 amide bonds. The van der Waals surface area contributed by atoms with Gasteiger partial charge < -0.3 is 4.57 Å². The highest BCUT2D eigenvalue weighted by Gasteiger charge is 2.19. The molecule has 4 nitrogen and oxygen atoms in total. The second-order valence-corrected chi connectivity index (χ2v) is 15.2. The van der Waals surface area contributed by atoms with Crippen molar-refractivity contribution < 1.29 is 0 Å². The van der Waals surface area contributed by atoms with E-state index in [1.807, 2.05) is 6.07 Å². The van der Waals surface area contributed by atoms with Crippen molar-refractivity contribution in [2.45, 2.75) is 0 Å². The summed E-state index contributed by atoms with van der Waals surface area (Å²) < 4.78 is 2.39. The Bertz CT molecular complexity index is 3580. The molecule has 0 N–H and O–H groups in total. The van der Waals surface area contributed by atoms with E-state index in [0.717, 1.165) is 83.1 Å². The summed E-state index contributed by atoms with van der Waals surface area (Å²) in [5.74, 6) is 0.710. The number of rotatable bonds is 5. The second kappa shape index (κ2) is 13.3. The van der Waals surface area contributed by atoms with Gasteiger partial charge in [0.15, 0.2) is 5.82 Å². The maximum Gasteiger partial charge on any atom is 0.160 e. The average Bonchev–Trinajstić information content (AvgIpc) is 3.63. The molecular formula is C55H34N4. The quantitative estimate of drug-likeness (QED) is 0.165. The van der Waals surface area contributed by atoms with Crippen LogP contribution in [0.5, 0.6) is 0 Å². The number of benzene rings is 9. The third-order valence-corrected chi connectivity index (χ3v) is 11.8. The molecule has 0 bridgehead atoms. The standard InChI is InChI=1S/C55H34N4/c1-3-15-37(16-4-1)53-44-22-10-9-21-42(44)46-34-52-48(33-50(46)56-53)47-32-39(30-31-51(47)59(52)40-18-5-2-6-19-40)35-26-28-38(29-27-35)55-57-49-25-12-11-23-45(49)54(58-55)43-24-13-17-36-14-7-8-20-41(36)43/h1-34H. The van der Waals surface area contributed by atoms with Crippen LogP contribution in [0.15, 0.2) is 206 Å². The Morgan fingerprint density at radius 1 is 0.305 bits per heavy atom. The van der Waals surface area contributed by atoms with Gasteiger partial charge in [-0.2, -0.15) is 0 Å². The molecule has 9 aromatic carbocycles. The molecule has 12 rings (SSSR count). The van der Waals surface area contributed by atoms with Crippen LogP contribution >= 0.6 is 0 Å². The number of hydrogen-bond acceptors (Lipinski definition) is 3. The van der Waals surface area contributed by atoms with E-state index in [1.165, 1.54) is 26.9 Å². The Morgan fingerprint density at radius 3 is 1.78 bits per heavy atom. The molecule has 0 aliphatic carbocycles. The zero-order valence-electron chi connectivity index (χ0n) is 31.9. The minimum atomic E-state index is 0.710. The van der Waals surface area contributed by atoms with Crippen LogP contribution in [0.3, 0.4) is 0 Å². The molecule has 12 aromatic rings. The highest BCUT2D eigenvalue weighted by Crippen LogP contribution is 2.41. The first-order valence-electron chi connectivity index (χ1n) is 20.0. The predicted octanol–water partition coefficient (Wildman–Crippen LogP) is 14.2. The number of pyridine rings is 1. The summed E-state index contributed by atoms with van der Waals surface area (Å²) in [7, 11) is 0. The van der Waals surface area contributed by atoms with Crippen molar-refractivity contribution in [2.75, 3.05) is 0 Å². The zero-order valence-corrected chi connectivity index (χ0v) is 31.9. The molecule has 0 radical (unpaired) electrons. The van der Waals surface area contributed by atoms with Crippen LogP contribution in [-0.2, 0) is 0 Å². The number of nitrogens with zero attached hydrogens (tertiary/aromatic N) is 4. The van der Waals surface area contributed by atoms with Gasteiger partial charge in [0.25, 0.3) is 0 Å². The Hall–Kier alpha value is -7.95. The number of fused-ring (bicyclic) bond motifs is 8. The van der Waals surface area contributed by atoms with Crippen molar-refractivity contribution in [2.24, 2.45) is 0 Å². The van der Waals surface area contributed by atoms with Crippen LogP contribution in [0.25, 0.3) is 116 Å². The molecule has 0 saturated carbocycles.